The van der Waals surface area contributed by atoms with Gasteiger partial charge in [-0.05, 0) is 48.2 Å². The zero-order valence-corrected chi connectivity index (χ0v) is 23.1. The molecule has 0 radical (unpaired) electrons. The SMILES string of the molecule is [C-]#[N+][C@]1(N)CC[C@@](CO[C@H](C)c2cc(C(F)(F)F)cc(C(F)(F)F)c2)(c2ccccc2)N(C(=O)OCc2ccccc2)C1. The number of amides is 1. The third-order valence-corrected chi connectivity index (χ3v) is 7.53. The smallest absolute Gasteiger partial charge is 0.416 e. The van der Waals surface area contributed by atoms with Crippen molar-refractivity contribution in [1.82, 2.24) is 4.90 Å². The first kappa shape index (κ1) is 31.8. The molecule has 0 aromatic heterocycles. The molecule has 3 atom stereocenters. The van der Waals surface area contributed by atoms with Crippen molar-refractivity contribution in [1.29, 1.82) is 0 Å². The van der Waals surface area contributed by atoms with Crippen LogP contribution in [0, 0.1) is 6.57 Å². The third kappa shape index (κ3) is 7.29. The first-order chi connectivity index (χ1) is 20.2. The molecule has 43 heavy (non-hydrogen) atoms. The van der Waals surface area contributed by atoms with Gasteiger partial charge in [0.1, 0.15) is 13.2 Å². The summed E-state index contributed by atoms with van der Waals surface area (Å²) in [7, 11) is 0. The standard InChI is InChI=1S/C31H29F6N3O3/c1-21(23-15-25(30(32,33)34)17-26(16-23)31(35,36)37)43-20-28(24-11-7-4-8-12-24)13-14-29(38,39-2)19-40(28)27(41)42-18-22-9-5-3-6-10-22/h3-12,15-17,21H,13-14,18-20,38H2,1H3/t21-,28-,29-/m1/s1. The molecule has 1 saturated heterocycles. The number of nitrogens with two attached hydrogens (primary N) is 1. The number of likely N-dealkylation sites (tertiary alicyclic amines) is 1. The third-order valence-electron chi connectivity index (χ3n) is 7.53. The maximum absolute atomic E-state index is 13.6. The highest BCUT2D eigenvalue weighted by Gasteiger charge is 2.54. The minimum absolute atomic E-state index is 0.0541. The van der Waals surface area contributed by atoms with Crippen LogP contribution < -0.4 is 5.73 Å². The second-order valence-electron chi connectivity index (χ2n) is 10.5. The number of piperidine rings is 1. The van der Waals surface area contributed by atoms with E-state index < -0.39 is 46.9 Å². The van der Waals surface area contributed by atoms with E-state index in [-0.39, 0.29) is 44.2 Å². The summed E-state index contributed by atoms with van der Waals surface area (Å²) >= 11 is 0. The Morgan fingerprint density at radius 3 is 2.05 bits per heavy atom. The van der Waals surface area contributed by atoms with Crippen molar-refractivity contribution in [3.63, 3.8) is 0 Å². The molecule has 0 aliphatic carbocycles. The number of benzene rings is 3. The van der Waals surface area contributed by atoms with Crippen LogP contribution in [-0.4, -0.2) is 29.8 Å². The molecule has 1 aliphatic heterocycles. The van der Waals surface area contributed by atoms with Gasteiger partial charge in [0.15, 0.2) is 0 Å². The molecule has 2 N–H and O–H groups in total. The lowest BCUT2D eigenvalue weighted by molar-refractivity contribution is -0.143. The van der Waals surface area contributed by atoms with Crippen molar-refractivity contribution in [2.24, 2.45) is 5.73 Å². The van der Waals surface area contributed by atoms with Gasteiger partial charge in [-0.2, -0.15) is 26.3 Å². The van der Waals surface area contributed by atoms with Gasteiger partial charge < -0.3 is 9.47 Å². The largest absolute Gasteiger partial charge is 0.445 e. The van der Waals surface area contributed by atoms with E-state index in [9.17, 15) is 31.1 Å². The number of hydrogen-bond acceptors (Lipinski definition) is 4. The predicted octanol–water partition coefficient (Wildman–Crippen LogP) is 7.70. The summed E-state index contributed by atoms with van der Waals surface area (Å²) in [4.78, 5) is 18.4. The maximum Gasteiger partial charge on any atom is 0.416 e. The Morgan fingerprint density at radius 1 is 0.953 bits per heavy atom. The lowest BCUT2D eigenvalue weighted by atomic mass is 9.78. The predicted molar refractivity (Wildman–Crippen MR) is 145 cm³/mol. The summed E-state index contributed by atoms with van der Waals surface area (Å²) in [6, 6.07) is 18.8. The van der Waals surface area contributed by atoms with Gasteiger partial charge in [0.2, 0.25) is 0 Å². The molecule has 12 heteroatoms. The Morgan fingerprint density at radius 2 is 1.51 bits per heavy atom. The minimum atomic E-state index is -5.02. The van der Waals surface area contributed by atoms with Gasteiger partial charge in [0, 0.05) is 6.42 Å². The van der Waals surface area contributed by atoms with Crippen molar-refractivity contribution < 1.29 is 40.6 Å². The van der Waals surface area contributed by atoms with Crippen LogP contribution in [-0.2, 0) is 34.0 Å². The molecule has 0 spiro atoms. The molecule has 4 rings (SSSR count). The van der Waals surface area contributed by atoms with E-state index in [1.54, 1.807) is 60.7 Å². The van der Waals surface area contributed by atoms with Crippen LogP contribution in [0.2, 0.25) is 0 Å². The molecule has 6 nitrogen and oxygen atoms in total. The Labute approximate surface area is 244 Å². The number of ether oxygens (including phenoxy) is 2. The fraction of sp³-hybridized carbons (Fsp3) is 0.355. The number of hydrogen-bond donors (Lipinski definition) is 1. The highest BCUT2D eigenvalue weighted by Crippen LogP contribution is 2.43. The molecular formula is C31H29F6N3O3. The van der Waals surface area contributed by atoms with Gasteiger partial charge >= 0.3 is 24.1 Å². The van der Waals surface area contributed by atoms with Gasteiger partial charge in [-0.15, -0.1) is 0 Å². The first-order valence-electron chi connectivity index (χ1n) is 13.3. The second-order valence-corrected chi connectivity index (χ2v) is 10.5. The first-order valence-corrected chi connectivity index (χ1v) is 13.3. The average Bonchev–Trinajstić information content (AvgIpc) is 2.99. The van der Waals surface area contributed by atoms with Gasteiger partial charge in [-0.3, -0.25) is 15.5 Å². The summed E-state index contributed by atoms with van der Waals surface area (Å²) in [5.41, 5.74) is 1.57. The lowest BCUT2D eigenvalue weighted by Crippen LogP contribution is -2.64. The molecule has 228 valence electrons. The van der Waals surface area contributed by atoms with Crippen LogP contribution in [0.25, 0.3) is 4.85 Å². The van der Waals surface area contributed by atoms with Crippen LogP contribution in [0.4, 0.5) is 31.1 Å². The molecular weight excluding hydrogens is 576 g/mol. The Kier molecular flexibility index (Phi) is 9.08. The fourth-order valence-corrected chi connectivity index (χ4v) is 5.04. The summed E-state index contributed by atoms with van der Waals surface area (Å²) in [5.74, 6) is 0. The summed E-state index contributed by atoms with van der Waals surface area (Å²) in [5, 5.41) is 0. The minimum Gasteiger partial charge on any atom is -0.445 e. The molecule has 3 aromatic carbocycles. The molecule has 0 bridgehead atoms. The van der Waals surface area contributed by atoms with Crippen molar-refractivity contribution in [3.8, 4) is 0 Å². The number of alkyl halides is 6. The Bertz CT molecular complexity index is 1430. The van der Waals surface area contributed by atoms with Crippen molar-refractivity contribution in [3.05, 3.63) is 118 Å². The Hall–Kier alpha value is -4.08. The maximum atomic E-state index is 13.6. The molecule has 1 amide bonds. The van der Waals surface area contributed by atoms with Crippen LogP contribution in [0.1, 0.15) is 53.7 Å². The highest BCUT2D eigenvalue weighted by molar-refractivity contribution is 5.70. The van der Waals surface area contributed by atoms with E-state index >= 15 is 0 Å². The van der Waals surface area contributed by atoms with E-state index in [1.165, 1.54) is 11.8 Å². The zero-order chi connectivity index (χ0) is 31.5. The second kappa shape index (κ2) is 12.3. The highest BCUT2D eigenvalue weighted by atomic mass is 19.4. The van der Waals surface area contributed by atoms with E-state index in [4.69, 9.17) is 21.8 Å². The summed E-state index contributed by atoms with van der Waals surface area (Å²) in [6.45, 7) is 8.29. The van der Waals surface area contributed by atoms with Gasteiger partial charge in [0.05, 0.1) is 29.4 Å². The van der Waals surface area contributed by atoms with Crippen molar-refractivity contribution >= 4 is 6.09 Å². The quantitative estimate of drug-likeness (QED) is 0.221. The number of nitrogens with zero attached hydrogens (tertiary/aromatic N) is 2. The molecule has 1 fully saturated rings. The summed E-state index contributed by atoms with van der Waals surface area (Å²) < 4.78 is 92.6. The number of rotatable bonds is 7. The van der Waals surface area contributed by atoms with Crippen LogP contribution in [0.15, 0.2) is 78.9 Å². The van der Waals surface area contributed by atoms with Gasteiger partial charge in [-0.25, -0.2) is 11.4 Å². The van der Waals surface area contributed by atoms with Gasteiger partial charge in [0.25, 0.3) is 0 Å². The van der Waals surface area contributed by atoms with E-state index in [2.05, 4.69) is 4.85 Å². The van der Waals surface area contributed by atoms with E-state index in [1.807, 2.05) is 0 Å². The normalized spacial score (nSPS) is 21.6. The number of carbonyl (C=O) groups excluding carboxylic acids is 1. The van der Waals surface area contributed by atoms with Crippen LogP contribution in [0.3, 0.4) is 0 Å². The molecule has 0 unspecified atom stereocenters. The molecule has 1 heterocycles. The molecule has 0 saturated carbocycles. The summed E-state index contributed by atoms with van der Waals surface area (Å²) in [6.07, 6.45) is -11.8. The van der Waals surface area contributed by atoms with Crippen LogP contribution in [0.5, 0.6) is 0 Å². The topological polar surface area (TPSA) is 69.2 Å². The van der Waals surface area contributed by atoms with Crippen molar-refractivity contribution in [2.45, 2.75) is 56.0 Å². The average molecular weight is 606 g/mol. The fourth-order valence-electron chi connectivity index (χ4n) is 5.04. The van der Waals surface area contributed by atoms with Crippen LogP contribution >= 0.6 is 0 Å². The lowest BCUT2D eigenvalue weighted by Gasteiger charge is -2.48. The monoisotopic (exact) mass is 605 g/mol. The molecule has 3 aromatic rings. The van der Waals surface area contributed by atoms with Gasteiger partial charge in [-0.1, -0.05) is 60.7 Å². The van der Waals surface area contributed by atoms with E-state index in [0.717, 1.165) is 0 Å². The number of halogens is 6. The van der Waals surface area contributed by atoms with E-state index in [0.29, 0.717) is 23.3 Å². The zero-order valence-electron chi connectivity index (χ0n) is 23.1. The number of carbonyl (C=O) groups is 1. The Balaban J connectivity index is 1.70. The molecule has 1 aliphatic rings. The van der Waals surface area contributed by atoms with Crippen molar-refractivity contribution in [2.75, 3.05) is 13.2 Å².